The van der Waals surface area contributed by atoms with Crippen LogP contribution in [0.5, 0.6) is 0 Å². The smallest absolute Gasteiger partial charge is 0.335 e. The maximum absolute atomic E-state index is 12.7. The Balaban J connectivity index is 2.21. The lowest BCUT2D eigenvalue weighted by Crippen LogP contribution is -2.47. The topological polar surface area (TPSA) is 77.9 Å². The molecular formula is C16H24N2O4S. The summed E-state index contributed by atoms with van der Waals surface area (Å²) in [7, 11) is -3.44. The number of aromatic carboxylic acids is 1. The predicted octanol–water partition coefficient (Wildman–Crippen LogP) is 2.15. The van der Waals surface area contributed by atoms with Crippen molar-refractivity contribution >= 4 is 16.2 Å². The average molecular weight is 340 g/mol. The Morgan fingerprint density at radius 1 is 1.35 bits per heavy atom. The first kappa shape index (κ1) is 17.9. The monoisotopic (exact) mass is 340 g/mol. The number of nitrogens with zero attached hydrogens (tertiary/aromatic N) is 2. The Morgan fingerprint density at radius 2 is 2.04 bits per heavy atom. The van der Waals surface area contributed by atoms with E-state index in [0.717, 1.165) is 18.4 Å². The highest BCUT2D eigenvalue weighted by Gasteiger charge is 2.32. The lowest BCUT2D eigenvalue weighted by molar-refractivity contribution is 0.0696. The molecule has 0 bridgehead atoms. The lowest BCUT2D eigenvalue weighted by atomic mass is 9.91. The Kier molecular flexibility index (Phi) is 5.78. The van der Waals surface area contributed by atoms with Crippen molar-refractivity contribution in [2.45, 2.75) is 32.6 Å². The minimum atomic E-state index is -3.44. The molecule has 1 aromatic rings. The van der Waals surface area contributed by atoms with E-state index in [9.17, 15) is 13.2 Å². The van der Waals surface area contributed by atoms with Crippen LogP contribution in [0.25, 0.3) is 0 Å². The summed E-state index contributed by atoms with van der Waals surface area (Å²) in [6.45, 7) is 5.50. The summed E-state index contributed by atoms with van der Waals surface area (Å²) >= 11 is 0. The standard InChI is InChI=1S/C16H24N2O4S/c1-3-17(4-2)23(21,22)18-10-6-9-15(12-18)13-7-5-8-14(11-13)16(19)20/h5,7-8,11,15H,3-4,6,9-10,12H2,1-2H3,(H,19,20). The van der Waals surface area contributed by atoms with Crippen molar-refractivity contribution in [3.05, 3.63) is 35.4 Å². The van der Waals surface area contributed by atoms with Crippen LogP contribution in [0.15, 0.2) is 24.3 Å². The molecule has 1 aliphatic heterocycles. The second-order valence-electron chi connectivity index (χ2n) is 5.72. The zero-order chi connectivity index (χ0) is 17.0. The maximum Gasteiger partial charge on any atom is 0.335 e. The number of carboxylic acids is 1. The van der Waals surface area contributed by atoms with E-state index < -0.39 is 16.2 Å². The Bertz CT molecular complexity index is 656. The molecule has 0 amide bonds. The molecule has 7 heteroatoms. The van der Waals surface area contributed by atoms with Crippen LogP contribution in [0.1, 0.15) is 48.5 Å². The fourth-order valence-electron chi connectivity index (χ4n) is 3.06. The van der Waals surface area contributed by atoms with Crippen molar-refractivity contribution in [2.24, 2.45) is 0 Å². The average Bonchev–Trinajstić information content (AvgIpc) is 2.56. The number of piperidine rings is 1. The molecule has 1 unspecified atom stereocenters. The zero-order valence-corrected chi connectivity index (χ0v) is 14.4. The Hall–Kier alpha value is -1.44. The van der Waals surface area contributed by atoms with E-state index in [1.54, 1.807) is 18.2 Å². The van der Waals surface area contributed by atoms with E-state index in [4.69, 9.17) is 5.11 Å². The first-order valence-electron chi connectivity index (χ1n) is 7.98. The molecule has 2 rings (SSSR count). The zero-order valence-electron chi connectivity index (χ0n) is 13.6. The number of rotatable bonds is 6. The van der Waals surface area contributed by atoms with E-state index >= 15 is 0 Å². The van der Waals surface area contributed by atoms with E-state index in [0.29, 0.717) is 26.2 Å². The second-order valence-corrected chi connectivity index (χ2v) is 7.65. The van der Waals surface area contributed by atoms with Crippen LogP contribution in [-0.2, 0) is 10.2 Å². The molecule has 0 radical (unpaired) electrons. The minimum absolute atomic E-state index is 0.0355. The molecule has 0 spiro atoms. The molecule has 1 aromatic carbocycles. The van der Waals surface area contributed by atoms with Gasteiger partial charge in [-0.15, -0.1) is 0 Å². The van der Waals surface area contributed by atoms with Crippen LogP contribution >= 0.6 is 0 Å². The molecular weight excluding hydrogens is 316 g/mol. The molecule has 0 aliphatic carbocycles. The third kappa shape index (κ3) is 3.91. The summed E-state index contributed by atoms with van der Waals surface area (Å²) < 4.78 is 28.3. The number of carbonyl (C=O) groups is 1. The summed E-state index contributed by atoms with van der Waals surface area (Å²) in [5.41, 5.74) is 1.13. The first-order valence-corrected chi connectivity index (χ1v) is 9.38. The van der Waals surface area contributed by atoms with Gasteiger partial charge in [-0.05, 0) is 36.5 Å². The highest BCUT2D eigenvalue weighted by Crippen LogP contribution is 2.29. The normalized spacial score (nSPS) is 19.9. The van der Waals surface area contributed by atoms with Gasteiger partial charge in [-0.3, -0.25) is 0 Å². The van der Waals surface area contributed by atoms with Gasteiger partial charge in [0.2, 0.25) is 0 Å². The summed E-state index contributed by atoms with van der Waals surface area (Å²) in [6, 6.07) is 6.81. The van der Waals surface area contributed by atoms with Crippen molar-refractivity contribution < 1.29 is 18.3 Å². The summed E-state index contributed by atoms with van der Waals surface area (Å²) in [5, 5.41) is 9.11. The van der Waals surface area contributed by atoms with Gasteiger partial charge in [-0.2, -0.15) is 17.0 Å². The largest absolute Gasteiger partial charge is 0.478 e. The maximum atomic E-state index is 12.7. The molecule has 1 heterocycles. The van der Waals surface area contributed by atoms with Crippen molar-refractivity contribution in [3.63, 3.8) is 0 Å². The molecule has 0 aromatic heterocycles. The van der Waals surface area contributed by atoms with Gasteiger partial charge in [0, 0.05) is 26.2 Å². The van der Waals surface area contributed by atoms with E-state index in [-0.39, 0.29) is 11.5 Å². The SMILES string of the molecule is CCN(CC)S(=O)(=O)N1CCCC(c2cccc(C(=O)O)c2)C1. The quantitative estimate of drug-likeness (QED) is 0.861. The van der Waals surface area contributed by atoms with Crippen molar-refractivity contribution in [1.29, 1.82) is 0 Å². The number of hydrogen-bond donors (Lipinski definition) is 1. The van der Waals surface area contributed by atoms with Gasteiger partial charge in [0.1, 0.15) is 0 Å². The van der Waals surface area contributed by atoms with Gasteiger partial charge >= 0.3 is 5.97 Å². The summed E-state index contributed by atoms with van der Waals surface area (Å²) in [6.07, 6.45) is 1.65. The number of hydrogen-bond acceptors (Lipinski definition) is 3. The summed E-state index contributed by atoms with van der Waals surface area (Å²) in [4.78, 5) is 11.1. The van der Waals surface area contributed by atoms with E-state index in [1.165, 1.54) is 8.61 Å². The molecule has 6 nitrogen and oxygen atoms in total. The molecule has 1 aliphatic rings. The van der Waals surface area contributed by atoms with Crippen LogP contribution in [0, 0.1) is 0 Å². The predicted molar refractivity (Wildman–Crippen MR) is 88.8 cm³/mol. The van der Waals surface area contributed by atoms with Gasteiger partial charge in [0.15, 0.2) is 0 Å². The van der Waals surface area contributed by atoms with Gasteiger partial charge in [-0.25, -0.2) is 4.79 Å². The minimum Gasteiger partial charge on any atom is -0.478 e. The Labute approximate surface area is 137 Å². The summed E-state index contributed by atoms with van der Waals surface area (Å²) in [5.74, 6) is -0.927. The van der Waals surface area contributed by atoms with Crippen LogP contribution in [0.4, 0.5) is 0 Å². The van der Waals surface area contributed by atoms with E-state index in [1.807, 2.05) is 19.9 Å². The molecule has 1 fully saturated rings. The number of benzene rings is 1. The van der Waals surface area contributed by atoms with Crippen LogP contribution in [0.2, 0.25) is 0 Å². The van der Waals surface area contributed by atoms with Gasteiger partial charge < -0.3 is 5.11 Å². The molecule has 1 N–H and O–H groups in total. The van der Waals surface area contributed by atoms with E-state index in [2.05, 4.69) is 0 Å². The van der Waals surface area contributed by atoms with Crippen molar-refractivity contribution in [1.82, 2.24) is 8.61 Å². The highest BCUT2D eigenvalue weighted by atomic mass is 32.2. The fraction of sp³-hybridized carbons (Fsp3) is 0.562. The van der Waals surface area contributed by atoms with Gasteiger partial charge in [-0.1, -0.05) is 26.0 Å². The van der Waals surface area contributed by atoms with Gasteiger partial charge in [0.05, 0.1) is 5.56 Å². The molecule has 128 valence electrons. The molecule has 23 heavy (non-hydrogen) atoms. The van der Waals surface area contributed by atoms with Crippen LogP contribution in [0.3, 0.4) is 0 Å². The first-order chi connectivity index (χ1) is 10.9. The lowest BCUT2D eigenvalue weighted by Gasteiger charge is -2.35. The van der Waals surface area contributed by atoms with Crippen LogP contribution in [-0.4, -0.2) is 54.3 Å². The third-order valence-corrected chi connectivity index (χ3v) is 6.50. The second kappa shape index (κ2) is 7.42. The Morgan fingerprint density at radius 3 is 2.65 bits per heavy atom. The fourth-order valence-corrected chi connectivity index (χ4v) is 4.77. The highest BCUT2D eigenvalue weighted by molar-refractivity contribution is 7.86. The van der Waals surface area contributed by atoms with Gasteiger partial charge in [0.25, 0.3) is 10.2 Å². The molecule has 1 atom stereocenters. The van der Waals surface area contributed by atoms with Crippen molar-refractivity contribution in [2.75, 3.05) is 26.2 Å². The van der Waals surface area contributed by atoms with Crippen molar-refractivity contribution in [3.8, 4) is 0 Å². The third-order valence-electron chi connectivity index (χ3n) is 4.35. The molecule has 1 saturated heterocycles. The molecule has 0 saturated carbocycles. The van der Waals surface area contributed by atoms with Crippen LogP contribution < -0.4 is 0 Å². The number of carboxylic acid groups (broad SMARTS) is 1.